The molecule has 24 heavy (non-hydrogen) atoms. The Balaban J connectivity index is 1.78. The number of hydrogen-bond donors (Lipinski definition) is 1. The molecule has 3 aromatic rings. The number of aromatic nitrogens is 2. The molecular weight excluding hydrogens is 324 g/mol. The predicted octanol–water partition coefficient (Wildman–Crippen LogP) is 1.79. The van der Waals surface area contributed by atoms with Crippen molar-refractivity contribution < 1.29 is 4.79 Å². The second kappa shape index (κ2) is 6.94. The van der Waals surface area contributed by atoms with Gasteiger partial charge in [0, 0.05) is 24.3 Å². The van der Waals surface area contributed by atoms with E-state index >= 15 is 0 Å². The van der Waals surface area contributed by atoms with Crippen LogP contribution in [0.2, 0.25) is 0 Å². The topological polar surface area (TPSA) is 66.7 Å². The monoisotopic (exact) mass is 342 g/mol. The van der Waals surface area contributed by atoms with Gasteiger partial charge < -0.3 is 10.2 Å². The van der Waals surface area contributed by atoms with Gasteiger partial charge in [-0.15, -0.1) is 11.3 Å². The summed E-state index contributed by atoms with van der Waals surface area (Å²) in [4.78, 5) is 31.5. The maximum absolute atomic E-state index is 12.4. The molecule has 1 aromatic carbocycles. The average Bonchev–Trinajstić information content (AvgIpc) is 3.05. The fourth-order valence-corrected chi connectivity index (χ4v) is 3.21. The third kappa shape index (κ3) is 3.22. The second-order valence-electron chi connectivity index (χ2n) is 5.63. The van der Waals surface area contributed by atoms with Crippen LogP contribution in [-0.4, -0.2) is 40.8 Å². The van der Waals surface area contributed by atoms with Crippen LogP contribution in [0.4, 0.5) is 0 Å². The Hall–Kier alpha value is -2.51. The smallest absolute Gasteiger partial charge is 0.271 e. The van der Waals surface area contributed by atoms with Crippen LogP contribution in [0.1, 0.15) is 22.0 Å². The van der Waals surface area contributed by atoms with Crippen molar-refractivity contribution >= 4 is 22.2 Å². The van der Waals surface area contributed by atoms with Crippen LogP contribution in [0.3, 0.4) is 0 Å². The van der Waals surface area contributed by atoms with Crippen LogP contribution in [-0.2, 0) is 0 Å². The van der Waals surface area contributed by atoms with E-state index in [1.165, 1.54) is 21.9 Å². The number of nitrogens with one attached hydrogen (secondary N) is 1. The molecule has 1 N–H and O–H groups in total. The third-order valence-electron chi connectivity index (χ3n) is 3.85. The number of nitrogens with zero attached hydrogens (tertiary/aromatic N) is 3. The van der Waals surface area contributed by atoms with E-state index in [0.717, 1.165) is 5.56 Å². The van der Waals surface area contributed by atoms with E-state index in [0.29, 0.717) is 11.5 Å². The molecule has 0 saturated carbocycles. The summed E-state index contributed by atoms with van der Waals surface area (Å²) in [5.41, 5.74) is 0.808. The molecule has 3 rings (SSSR count). The fraction of sp³-hybridized carbons (Fsp3) is 0.235. The molecule has 2 aromatic heterocycles. The van der Waals surface area contributed by atoms with Crippen molar-refractivity contribution in [2.75, 3.05) is 20.6 Å². The Morgan fingerprint density at radius 1 is 1.33 bits per heavy atom. The zero-order chi connectivity index (χ0) is 17.1. The fourth-order valence-electron chi connectivity index (χ4n) is 2.54. The Morgan fingerprint density at radius 3 is 2.79 bits per heavy atom. The summed E-state index contributed by atoms with van der Waals surface area (Å²) in [5.74, 6) is -0.407. The first-order valence-electron chi connectivity index (χ1n) is 7.52. The van der Waals surface area contributed by atoms with Gasteiger partial charge in [-0.05, 0) is 19.7 Å². The number of fused-ring (bicyclic) bond motifs is 1. The van der Waals surface area contributed by atoms with Gasteiger partial charge in [0.1, 0.15) is 5.56 Å². The number of carbonyl (C=O) groups is 1. The van der Waals surface area contributed by atoms with Gasteiger partial charge in [0.05, 0.1) is 6.04 Å². The van der Waals surface area contributed by atoms with Crippen LogP contribution in [0.15, 0.2) is 52.9 Å². The normalized spacial score (nSPS) is 12.5. The standard InChI is InChI=1S/C17H18N4O2S/c1-20(2)14(12-6-4-3-5-7-12)11-18-15(22)13-10-19-17-21(16(13)23)8-9-24-17/h3-10,14H,11H2,1-2H3,(H,18,22). The van der Waals surface area contributed by atoms with Gasteiger partial charge >= 0.3 is 0 Å². The molecular formula is C17H18N4O2S. The van der Waals surface area contributed by atoms with E-state index in [9.17, 15) is 9.59 Å². The molecule has 2 heterocycles. The molecule has 124 valence electrons. The van der Waals surface area contributed by atoms with Crippen LogP contribution in [0, 0.1) is 0 Å². The number of thiazole rings is 1. The molecule has 0 fully saturated rings. The maximum atomic E-state index is 12.4. The summed E-state index contributed by atoms with van der Waals surface area (Å²) >= 11 is 1.35. The molecule has 1 atom stereocenters. The van der Waals surface area contributed by atoms with Crippen LogP contribution in [0.25, 0.3) is 4.96 Å². The third-order valence-corrected chi connectivity index (χ3v) is 4.62. The number of rotatable bonds is 5. The Morgan fingerprint density at radius 2 is 2.08 bits per heavy atom. The second-order valence-corrected chi connectivity index (χ2v) is 6.51. The van der Waals surface area contributed by atoms with Gasteiger partial charge in [-0.1, -0.05) is 30.3 Å². The Bertz CT molecular complexity index is 902. The molecule has 1 unspecified atom stereocenters. The largest absolute Gasteiger partial charge is 0.350 e. The van der Waals surface area contributed by atoms with Crippen molar-refractivity contribution in [3.8, 4) is 0 Å². The summed E-state index contributed by atoms with van der Waals surface area (Å²) in [6.45, 7) is 0.404. The first-order valence-corrected chi connectivity index (χ1v) is 8.40. The van der Waals surface area contributed by atoms with Crippen LogP contribution < -0.4 is 10.9 Å². The van der Waals surface area contributed by atoms with Crippen LogP contribution >= 0.6 is 11.3 Å². The molecule has 0 aliphatic heterocycles. The van der Waals surface area contributed by atoms with Gasteiger partial charge in [-0.3, -0.25) is 14.0 Å². The zero-order valence-corrected chi connectivity index (χ0v) is 14.3. The van der Waals surface area contributed by atoms with Gasteiger partial charge in [0.15, 0.2) is 4.96 Å². The maximum Gasteiger partial charge on any atom is 0.271 e. The van der Waals surface area contributed by atoms with Crippen molar-refractivity contribution in [1.82, 2.24) is 19.6 Å². The highest BCUT2D eigenvalue weighted by molar-refractivity contribution is 7.15. The lowest BCUT2D eigenvalue weighted by atomic mass is 10.1. The molecule has 6 nitrogen and oxygen atoms in total. The van der Waals surface area contributed by atoms with Crippen molar-refractivity contribution in [2.24, 2.45) is 0 Å². The van der Waals surface area contributed by atoms with Crippen molar-refractivity contribution in [1.29, 1.82) is 0 Å². The summed E-state index contributed by atoms with van der Waals surface area (Å²) in [5, 5.41) is 4.61. The SMILES string of the molecule is CN(C)C(CNC(=O)c1cnc2sccn2c1=O)c1ccccc1. The molecule has 0 spiro atoms. The van der Waals surface area contributed by atoms with E-state index in [4.69, 9.17) is 0 Å². The minimum Gasteiger partial charge on any atom is -0.350 e. The first-order chi connectivity index (χ1) is 11.6. The van der Waals surface area contributed by atoms with Crippen molar-refractivity contribution in [2.45, 2.75) is 6.04 Å². The highest BCUT2D eigenvalue weighted by Gasteiger charge is 2.18. The van der Waals surface area contributed by atoms with Gasteiger partial charge in [-0.2, -0.15) is 0 Å². The molecule has 0 aliphatic carbocycles. The Kier molecular flexibility index (Phi) is 4.73. The average molecular weight is 342 g/mol. The van der Waals surface area contributed by atoms with Crippen LogP contribution in [0.5, 0.6) is 0 Å². The molecule has 7 heteroatoms. The van der Waals surface area contributed by atoms with Gasteiger partial charge in [-0.25, -0.2) is 4.98 Å². The lowest BCUT2D eigenvalue weighted by Crippen LogP contribution is -2.37. The lowest BCUT2D eigenvalue weighted by Gasteiger charge is -2.25. The van der Waals surface area contributed by atoms with E-state index in [-0.39, 0.29) is 17.2 Å². The number of amides is 1. The molecule has 0 bridgehead atoms. The minimum absolute atomic E-state index is 0.0238. The molecule has 1 amide bonds. The van der Waals surface area contributed by atoms with E-state index in [1.54, 1.807) is 11.6 Å². The highest BCUT2D eigenvalue weighted by Crippen LogP contribution is 2.16. The Labute approximate surface area is 143 Å². The van der Waals surface area contributed by atoms with Crippen molar-refractivity contribution in [3.05, 3.63) is 69.6 Å². The van der Waals surface area contributed by atoms with E-state index < -0.39 is 5.91 Å². The zero-order valence-electron chi connectivity index (χ0n) is 13.5. The summed E-state index contributed by atoms with van der Waals surface area (Å²) in [6.07, 6.45) is 2.97. The number of carbonyl (C=O) groups excluding carboxylic acids is 1. The quantitative estimate of drug-likeness (QED) is 0.768. The molecule has 0 saturated heterocycles. The molecule has 0 radical (unpaired) electrons. The van der Waals surface area contributed by atoms with Crippen molar-refractivity contribution in [3.63, 3.8) is 0 Å². The number of benzene rings is 1. The van der Waals surface area contributed by atoms with E-state index in [2.05, 4.69) is 10.3 Å². The summed E-state index contributed by atoms with van der Waals surface area (Å²) in [6, 6.07) is 9.95. The molecule has 0 aliphatic rings. The number of likely N-dealkylation sites (N-methyl/N-ethyl adjacent to an activating group) is 1. The predicted molar refractivity (Wildman–Crippen MR) is 94.5 cm³/mol. The lowest BCUT2D eigenvalue weighted by molar-refractivity contribution is 0.0940. The first kappa shape index (κ1) is 16.4. The van der Waals surface area contributed by atoms with E-state index in [1.807, 2.05) is 49.3 Å². The van der Waals surface area contributed by atoms with Gasteiger partial charge in [0.25, 0.3) is 11.5 Å². The van der Waals surface area contributed by atoms with Gasteiger partial charge in [0.2, 0.25) is 0 Å². The summed E-state index contributed by atoms with van der Waals surface area (Å²) in [7, 11) is 3.91. The summed E-state index contributed by atoms with van der Waals surface area (Å²) < 4.78 is 1.39. The minimum atomic E-state index is -0.407. The highest BCUT2D eigenvalue weighted by atomic mass is 32.1. The number of hydrogen-bond acceptors (Lipinski definition) is 5.